The molecule has 0 heterocycles. The van der Waals surface area contributed by atoms with Gasteiger partial charge in [-0.1, -0.05) is 11.6 Å². The smallest absolute Gasteiger partial charge is 0.237 e. The molecule has 0 aliphatic rings. The second-order valence-corrected chi connectivity index (χ2v) is 7.82. The van der Waals surface area contributed by atoms with Crippen molar-refractivity contribution >= 4 is 52.2 Å². The second-order valence-electron chi connectivity index (χ2n) is 6.05. The Hall–Kier alpha value is -2.25. The molecule has 27 heavy (non-hydrogen) atoms. The van der Waals surface area contributed by atoms with Crippen molar-refractivity contribution in [3.8, 4) is 0 Å². The van der Waals surface area contributed by atoms with Crippen LogP contribution in [0.3, 0.4) is 0 Å². The summed E-state index contributed by atoms with van der Waals surface area (Å²) in [6.45, 7) is 1.73. The van der Waals surface area contributed by atoms with Crippen LogP contribution in [0.1, 0.15) is 6.92 Å². The van der Waals surface area contributed by atoms with Crippen LogP contribution in [-0.4, -0.2) is 36.9 Å². The third-order valence-electron chi connectivity index (χ3n) is 3.66. The van der Waals surface area contributed by atoms with Crippen LogP contribution in [0.5, 0.6) is 0 Å². The molecule has 0 spiro atoms. The van der Waals surface area contributed by atoms with E-state index in [1.54, 1.807) is 19.1 Å². The van der Waals surface area contributed by atoms with Crippen LogP contribution in [0, 0.1) is 5.82 Å². The summed E-state index contributed by atoms with van der Waals surface area (Å²) in [5.41, 5.74) is 1.95. The van der Waals surface area contributed by atoms with Gasteiger partial charge < -0.3 is 15.5 Å². The lowest BCUT2D eigenvalue weighted by atomic mass is 10.2. The number of nitrogens with one attached hydrogen (secondary N) is 2. The summed E-state index contributed by atoms with van der Waals surface area (Å²) >= 11 is 7.23. The first-order valence-electron chi connectivity index (χ1n) is 8.21. The first-order chi connectivity index (χ1) is 12.8. The Labute approximate surface area is 167 Å². The molecule has 0 aliphatic heterocycles. The van der Waals surface area contributed by atoms with E-state index < -0.39 is 5.25 Å². The third-order valence-corrected chi connectivity index (χ3v) is 5.04. The molecule has 0 radical (unpaired) electrons. The highest BCUT2D eigenvalue weighted by Crippen LogP contribution is 2.28. The van der Waals surface area contributed by atoms with Gasteiger partial charge >= 0.3 is 0 Å². The van der Waals surface area contributed by atoms with Crippen LogP contribution in [-0.2, 0) is 9.59 Å². The Morgan fingerprint density at radius 3 is 2.44 bits per heavy atom. The van der Waals surface area contributed by atoms with Gasteiger partial charge in [0.15, 0.2) is 0 Å². The second kappa shape index (κ2) is 9.62. The number of amides is 2. The fourth-order valence-electron chi connectivity index (χ4n) is 2.24. The molecule has 2 rings (SSSR count). The molecule has 2 aromatic rings. The fourth-order valence-corrected chi connectivity index (χ4v) is 3.10. The van der Waals surface area contributed by atoms with Crippen LogP contribution in [0.15, 0.2) is 42.5 Å². The normalized spacial score (nSPS) is 11.6. The number of hydrogen-bond acceptors (Lipinski definition) is 4. The van der Waals surface area contributed by atoms with Crippen molar-refractivity contribution in [2.45, 2.75) is 12.2 Å². The molecule has 5 nitrogen and oxygen atoms in total. The number of benzene rings is 2. The number of nitrogens with zero attached hydrogens (tertiary/aromatic N) is 1. The number of carbonyl (C=O) groups is 2. The summed E-state index contributed by atoms with van der Waals surface area (Å²) in [5, 5.41) is 5.59. The Morgan fingerprint density at radius 2 is 1.81 bits per heavy atom. The van der Waals surface area contributed by atoms with Crippen LogP contribution >= 0.6 is 23.4 Å². The number of halogens is 2. The maximum atomic E-state index is 12.9. The van der Waals surface area contributed by atoms with Crippen LogP contribution in [0.25, 0.3) is 0 Å². The SMILES string of the molecule is CC(SCC(=O)Nc1ccc(F)cc1)C(=O)Nc1cc(Cl)ccc1N(C)C. The summed E-state index contributed by atoms with van der Waals surface area (Å²) in [5.74, 6) is -0.754. The van der Waals surface area contributed by atoms with Gasteiger partial charge in [-0.25, -0.2) is 4.39 Å². The van der Waals surface area contributed by atoms with Crippen LogP contribution in [0.4, 0.5) is 21.5 Å². The molecule has 144 valence electrons. The minimum atomic E-state index is -0.446. The van der Waals surface area contributed by atoms with Crippen molar-refractivity contribution in [3.63, 3.8) is 0 Å². The zero-order valence-corrected chi connectivity index (χ0v) is 16.8. The molecule has 2 aromatic carbocycles. The van der Waals surface area contributed by atoms with Crippen molar-refractivity contribution < 1.29 is 14.0 Å². The molecule has 8 heteroatoms. The highest BCUT2D eigenvalue weighted by Gasteiger charge is 2.17. The van der Waals surface area contributed by atoms with E-state index in [1.807, 2.05) is 25.1 Å². The van der Waals surface area contributed by atoms with E-state index in [1.165, 1.54) is 36.0 Å². The van der Waals surface area contributed by atoms with Gasteiger partial charge in [0, 0.05) is 24.8 Å². The molecule has 0 bridgehead atoms. The van der Waals surface area contributed by atoms with Gasteiger partial charge in [0.1, 0.15) is 5.82 Å². The molecule has 0 fully saturated rings. The lowest BCUT2D eigenvalue weighted by molar-refractivity contribution is -0.115. The number of anilines is 3. The highest BCUT2D eigenvalue weighted by molar-refractivity contribution is 8.01. The molecule has 2 N–H and O–H groups in total. The predicted octanol–water partition coefficient (Wildman–Crippen LogP) is 4.24. The monoisotopic (exact) mass is 409 g/mol. The largest absolute Gasteiger partial charge is 0.376 e. The molecule has 0 saturated heterocycles. The van der Waals surface area contributed by atoms with Crippen molar-refractivity contribution in [1.29, 1.82) is 0 Å². The van der Waals surface area contributed by atoms with E-state index in [0.29, 0.717) is 16.4 Å². The van der Waals surface area contributed by atoms with Gasteiger partial charge in [-0.3, -0.25) is 9.59 Å². The minimum absolute atomic E-state index is 0.0993. The van der Waals surface area contributed by atoms with E-state index in [-0.39, 0.29) is 23.4 Å². The maximum Gasteiger partial charge on any atom is 0.237 e. The van der Waals surface area contributed by atoms with Crippen LogP contribution in [0.2, 0.25) is 5.02 Å². The first-order valence-corrected chi connectivity index (χ1v) is 9.63. The number of hydrogen-bond donors (Lipinski definition) is 2. The van der Waals surface area contributed by atoms with Gasteiger partial charge in [-0.05, 0) is 49.4 Å². The Morgan fingerprint density at radius 1 is 1.15 bits per heavy atom. The zero-order chi connectivity index (χ0) is 20.0. The quantitative estimate of drug-likeness (QED) is 0.717. The van der Waals surface area contributed by atoms with Crippen molar-refractivity contribution in [2.75, 3.05) is 35.4 Å². The van der Waals surface area contributed by atoms with Crippen molar-refractivity contribution in [1.82, 2.24) is 0 Å². The Kier molecular flexibility index (Phi) is 7.50. The topological polar surface area (TPSA) is 61.4 Å². The van der Waals surface area contributed by atoms with Gasteiger partial charge in [0.2, 0.25) is 11.8 Å². The number of thioether (sulfide) groups is 1. The summed E-state index contributed by atoms with van der Waals surface area (Å²) in [6.07, 6.45) is 0. The average molecular weight is 410 g/mol. The summed E-state index contributed by atoms with van der Waals surface area (Å²) in [7, 11) is 3.74. The van der Waals surface area contributed by atoms with E-state index >= 15 is 0 Å². The van der Waals surface area contributed by atoms with E-state index in [0.717, 1.165) is 5.69 Å². The zero-order valence-electron chi connectivity index (χ0n) is 15.3. The number of rotatable bonds is 7. The van der Waals surface area contributed by atoms with Crippen LogP contribution < -0.4 is 15.5 Å². The molecule has 0 saturated carbocycles. The Balaban J connectivity index is 1.89. The molecule has 1 atom stereocenters. The lowest BCUT2D eigenvalue weighted by Crippen LogP contribution is -2.26. The average Bonchev–Trinajstić information content (AvgIpc) is 2.61. The molecule has 2 amide bonds. The molecule has 1 unspecified atom stereocenters. The van der Waals surface area contributed by atoms with Gasteiger partial charge in [0.25, 0.3) is 0 Å². The van der Waals surface area contributed by atoms with Gasteiger partial charge in [-0.2, -0.15) is 0 Å². The summed E-state index contributed by atoms with van der Waals surface area (Å²) in [6, 6.07) is 10.8. The first kappa shape index (κ1) is 21.1. The molecular weight excluding hydrogens is 389 g/mol. The molecule has 0 aromatic heterocycles. The fraction of sp³-hybridized carbons (Fsp3) is 0.263. The lowest BCUT2D eigenvalue weighted by Gasteiger charge is -2.19. The summed E-state index contributed by atoms with van der Waals surface area (Å²) in [4.78, 5) is 26.3. The summed E-state index contributed by atoms with van der Waals surface area (Å²) < 4.78 is 12.9. The molecule has 0 aliphatic carbocycles. The third kappa shape index (κ3) is 6.45. The minimum Gasteiger partial charge on any atom is -0.376 e. The Bertz CT molecular complexity index is 815. The van der Waals surface area contributed by atoms with Gasteiger partial charge in [0.05, 0.1) is 22.4 Å². The predicted molar refractivity (Wildman–Crippen MR) is 111 cm³/mol. The van der Waals surface area contributed by atoms with Gasteiger partial charge in [-0.15, -0.1) is 11.8 Å². The van der Waals surface area contributed by atoms with E-state index in [2.05, 4.69) is 10.6 Å². The number of carbonyl (C=O) groups excluding carboxylic acids is 2. The van der Waals surface area contributed by atoms with E-state index in [4.69, 9.17) is 11.6 Å². The van der Waals surface area contributed by atoms with Crippen molar-refractivity contribution in [3.05, 3.63) is 53.3 Å². The highest BCUT2D eigenvalue weighted by atomic mass is 35.5. The molecular formula is C19H21ClFN3O2S. The van der Waals surface area contributed by atoms with Crippen molar-refractivity contribution in [2.24, 2.45) is 0 Å². The standard InChI is InChI=1S/C19H21ClFN3O2S/c1-12(27-11-18(25)22-15-7-5-14(21)6-8-15)19(26)23-16-10-13(20)4-9-17(16)24(2)3/h4-10,12H,11H2,1-3H3,(H,22,25)(H,23,26). The van der Waals surface area contributed by atoms with E-state index in [9.17, 15) is 14.0 Å². The maximum absolute atomic E-state index is 12.9.